The van der Waals surface area contributed by atoms with Gasteiger partial charge in [0.15, 0.2) is 0 Å². The number of carbonyl (C=O) groups is 1. The summed E-state index contributed by atoms with van der Waals surface area (Å²) in [5.41, 5.74) is 0.433. The minimum absolute atomic E-state index is 0.0239. The van der Waals surface area contributed by atoms with E-state index in [0.717, 1.165) is 6.42 Å². The fourth-order valence-corrected chi connectivity index (χ4v) is 1.77. The average molecular weight is 307 g/mol. The van der Waals surface area contributed by atoms with Crippen LogP contribution in [0.4, 0.5) is 0 Å². The zero-order valence-corrected chi connectivity index (χ0v) is 11.2. The summed E-state index contributed by atoms with van der Waals surface area (Å²) < 4.78 is 0.567. The van der Waals surface area contributed by atoms with Gasteiger partial charge < -0.3 is 10.4 Å². The Labute approximate surface area is 108 Å². The van der Waals surface area contributed by atoms with Crippen LogP contribution < -0.4 is 5.32 Å². The highest BCUT2D eigenvalue weighted by molar-refractivity contribution is 9.10. The van der Waals surface area contributed by atoms with Gasteiger partial charge in [0.2, 0.25) is 0 Å². The van der Waals surface area contributed by atoms with E-state index in [-0.39, 0.29) is 17.7 Å². The van der Waals surface area contributed by atoms with Gasteiger partial charge >= 0.3 is 0 Å². The second-order valence-corrected chi connectivity index (χ2v) is 4.75. The Bertz CT molecular complexity index is 384. The lowest BCUT2D eigenvalue weighted by Crippen LogP contribution is -2.32. The first-order chi connectivity index (χ1) is 7.54. The zero-order valence-electron chi connectivity index (χ0n) is 8.84. The first-order valence-electron chi connectivity index (χ1n) is 4.90. The van der Waals surface area contributed by atoms with E-state index in [1.807, 2.05) is 6.92 Å². The molecule has 3 nitrogen and oxygen atoms in total. The lowest BCUT2D eigenvalue weighted by atomic mass is 10.2. The molecule has 16 heavy (non-hydrogen) atoms. The van der Waals surface area contributed by atoms with E-state index < -0.39 is 0 Å². The molecule has 5 heteroatoms. The number of rotatable bonds is 4. The monoisotopic (exact) mass is 305 g/mol. The van der Waals surface area contributed by atoms with Gasteiger partial charge in [-0.05, 0) is 47.5 Å². The Morgan fingerprint density at radius 2 is 2.31 bits per heavy atom. The second kappa shape index (κ2) is 6.11. The number of hydrogen-bond donors (Lipinski definition) is 2. The molecule has 0 spiro atoms. The molecule has 0 aromatic heterocycles. The first-order valence-corrected chi connectivity index (χ1v) is 6.22. The molecular formula is C11H13BrClNO2. The van der Waals surface area contributed by atoms with Gasteiger partial charge in [0.25, 0.3) is 5.91 Å². The van der Waals surface area contributed by atoms with Crippen LogP contribution in [0.1, 0.15) is 23.7 Å². The van der Waals surface area contributed by atoms with Crippen molar-refractivity contribution in [2.45, 2.75) is 19.4 Å². The molecule has 1 aromatic rings. The highest BCUT2D eigenvalue weighted by atomic mass is 79.9. The predicted molar refractivity (Wildman–Crippen MR) is 68.1 cm³/mol. The lowest BCUT2D eigenvalue weighted by molar-refractivity contribution is 0.0939. The van der Waals surface area contributed by atoms with Crippen LogP contribution in [0.2, 0.25) is 0 Å². The topological polar surface area (TPSA) is 49.3 Å². The maximum absolute atomic E-state index is 11.7. The van der Waals surface area contributed by atoms with Crippen LogP contribution in [-0.4, -0.2) is 22.9 Å². The molecular weight excluding hydrogens is 293 g/mol. The van der Waals surface area contributed by atoms with Gasteiger partial charge in [0, 0.05) is 17.5 Å². The minimum Gasteiger partial charge on any atom is -0.507 e. The Hall–Kier alpha value is -0.740. The molecule has 1 amide bonds. The molecule has 0 aliphatic heterocycles. The minimum atomic E-state index is -0.208. The van der Waals surface area contributed by atoms with Gasteiger partial charge in [-0.2, -0.15) is 0 Å². The Morgan fingerprint density at radius 3 is 2.88 bits per heavy atom. The van der Waals surface area contributed by atoms with Crippen LogP contribution in [0, 0.1) is 0 Å². The zero-order chi connectivity index (χ0) is 12.1. The van der Waals surface area contributed by atoms with Crippen molar-refractivity contribution in [1.82, 2.24) is 5.32 Å². The van der Waals surface area contributed by atoms with E-state index in [2.05, 4.69) is 21.2 Å². The van der Waals surface area contributed by atoms with Crippen molar-refractivity contribution >= 4 is 33.4 Å². The number of phenolic OH excluding ortho intramolecular Hbond substituents is 1. The van der Waals surface area contributed by atoms with Gasteiger partial charge in [-0.1, -0.05) is 0 Å². The molecule has 0 aliphatic carbocycles. The summed E-state index contributed by atoms with van der Waals surface area (Å²) >= 11 is 8.73. The number of carbonyl (C=O) groups excluding carboxylic acids is 1. The standard InChI is InChI=1S/C11H13BrClNO2/c1-7(4-5-13)14-11(16)8-2-3-9(12)10(15)6-8/h2-3,6-7,15H,4-5H2,1H3,(H,14,16). The fraction of sp³-hybridized carbons (Fsp3) is 0.364. The van der Waals surface area contributed by atoms with Crippen LogP contribution in [0.5, 0.6) is 5.75 Å². The van der Waals surface area contributed by atoms with E-state index in [0.29, 0.717) is 15.9 Å². The van der Waals surface area contributed by atoms with Crippen LogP contribution in [0.15, 0.2) is 22.7 Å². The Kier molecular flexibility index (Phi) is 5.09. The molecule has 1 rings (SSSR count). The predicted octanol–water partition coefficient (Wildman–Crippen LogP) is 2.90. The molecule has 0 saturated heterocycles. The summed E-state index contributed by atoms with van der Waals surface area (Å²) in [5, 5.41) is 12.2. The van der Waals surface area contributed by atoms with Crippen molar-refractivity contribution < 1.29 is 9.90 Å². The normalized spacial score (nSPS) is 12.2. The number of amides is 1. The average Bonchev–Trinajstić information content (AvgIpc) is 2.22. The van der Waals surface area contributed by atoms with Crippen molar-refractivity contribution in [3.05, 3.63) is 28.2 Å². The number of hydrogen-bond acceptors (Lipinski definition) is 2. The maximum Gasteiger partial charge on any atom is 0.251 e. The fourth-order valence-electron chi connectivity index (χ4n) is 1.20. The van der Waals surface area contributed by atoms with Gasteiger partial charge in [-0.25, -0.2) is 0 Å². The van der Waals surface area contributed by atoms with Crippen LogP contribution in [0.3, 0.4) is 0 Å². The molecule has 0 aliphatic rings. The molecule has 88 valence electrons. The molecule has 0 fully saturated rings. The highest BCUT2D eigenvalue weighted by Gasteiger charge is 2.10. The number of nitrogens with one attached hydrogen (secondary N) is 1. The number of halogens is 2. The quantitative estimate of drug-likeness (QED) is 0.840. The molecule has 2 N–H and O–H groups in total. The van der Waals surface area contributed by atoms with E-state index in [1.54, 1.807) is 12.1 Å². The van der Waals surface area contributed by atoms with Gasteiger partial charge in [0.1, 0.15) is 5.75 Å². The molecule has 0 saturated carbocycles. The second-order valence-electron chi connectivity index (χ2n) is 3.52. The summed E-state index contributed by atoms with van der Waals surface area (Å²) in [4.78, 5) is 11.7. The third kappa shape index (κ3) is 3.68. The number of alkyl halides is 1. The van der Waals surface area contributed by atoms with E-state index in [9.17, 15) is 9.90 Å². The van der Waals surface area contributed by atoms with Crippen molar-refractivity contribution in [3.8, 4) is 5.75 Å². The van der Waals surface area contributed by atoms with Gasteiger partial charge in [-0.15, -0.1) is 11.6 Å². The SMILES string of the molecule is CC(CCCl)NC(=O)c1ccc(Br)c(O)c1. The Morgan fingerprint density at radius 1 is 1.62 bits per heavy atom. The number of aromatic hydroxyl groups is 1. The van der Waals surface area contributed by atoms with Crippen molar-refractivity contribution in [2.24, 2.45) is 0 Å². The molecule has 0 heterocycles. The van der Waals surface area contributed by atoms with Crippen molar-refractivity contribution in [1.29, 1.82) is 0 Å². The summed E-state index contributed by atoms with van der Waals surface area (Å²) in [6.07, 6.45) is 0.718. The van der Waals surface area contributed by atoms with Gasteiger partial charge in [0.05, 0.1) is 4.47 Å². The van der Waals surface area contributed by atoms with Crippen LogP contribution in [-0.2, 0) is 0 Å². The molecule has 1 aromatic carbocycles. The molecule has 0 bridgehead atoms. The first kappa shape index (κ1) is 13.3. The number of phenols is 1. The molecule has 1 atom stereocenters. The number of benzene rings is 1. The maximum atomic E-state index is 11.7. The molecule has 1 unspecified atom stereocenters. The largest absolute Gasteiger partial charge is 0.507 e. The van der Waals surface area contributed by atoms with Crippen molar-refractivity contribution in [2.75, 3.05) is 5.88 Å². The third-order valence-electron chi connectivity index (χ3n) is 2.13. The van der Waals surface area contributed by atoms with E-state index in [4.69, 9.17) is 11.6 Å². The van der Waals surface area contributed by atoms with Gasteiger partial charge in [-0.3, -0.25) is 4.79 Å². The molecule has 0 radical (unpaired) electrons. The summed E-state index contributed by atoms with van der Waals surface area (Å²) in [6, 6.07) is 4.73. The Balaban J connectivity index is 2.69. The summed E-state index contributed by atoms with van der Waals surface area (Å²) in [6.45, 7) is 1.89. The van der Waals surface area contributed by atoms with E-state index in [1.165, 1.54) is 6.07 Å². The smallest absolute Gasteiger partial charge is 0.251 e. The van der Waals surface area contributed by atoms with Crippen LogP contribution >= 0.6 is 27.5 Å². The summed E-state index contributed by atoms with van der Waals surface area (Å²) in [5.74, 6) is 0.352. The third-order valence-corrected chi connectivity index (χ3v) is 3.02. The van der Waals surface area contributed by atoms with Crippen molar-refractivity contribution in [3.63, 3.8) is 0 Å². The van der Waals surface area contributed by atoms with E-state index >= 15 is 0 Å². The highest BCUT2D eigenvalue weighted by Crippen LogP contribution is 2.24. The summed E-state index contributed by atoms with van der Waals surface area (Å²) in [7, 11) is 0. The lowest BCUT2D eigenvalue weighted by Gasteiger charge is -2.12. The van der Waals surface area contributed by atoms with Crippen LogP contribution in [0.25, 0.3) is 0 Å².